The van der Waals surface area contributed by atoms with Crippen LogP contribution in [0.25, 0.3) is 11.2 Å². The van der Waals surface area contributed by atoms with E-state index in [-0.39, 0.29) is 6.03 Å². The number of likely N-dealkylation sites (tertiary alicyclic amines) is 1. The molecule has 25 heavy (non-hydrogen) atoms. The van der Waals surface area contributed by atoms with Crippen LogP contribution >= 0.6 is 0 Å². The Morgan fingerprint density at radius 2 is 2.12 bits per heavy atom. The topological polar surface area (TPSA) is 63.1 Å². The third kappa shape index (κ3) is 3.48. The minimum Gasteiger partial charge on any atom is -0.335 e. The van der Waals surface area contributed by atoms with Gasteiger partial charge in [0.05, 0.1) is 0 Å². The predicted molar refractivity (Wildman–Crippen MR) is 97.3 cm³/mol. The van der Waals surface area contributed by atoms with Gasteiger partial charge in [0, 0.05) is 38.8 Å². The molecule has 2 fully saturated rings. The Labute approximate surface area is 148 Å². The highest BCUT2D eigenvalue weighted by Gasteiger charge is 2.29. The second-order valence-electron chi connectivity index (χ2n) is 7.52. The number of urea groups is 1. The van der Waals surface area contributed by atoms with Gasteiger partial charge in [0.25, 0.3) is 0 Å². The molecule has 6 heteroatoms. The van der Waals surface area contributed by atoms with E-state index in [1.807, 2.05) is 24.1 Å². The number of hydrogen-bond acceptors (Lipinski definition) is 3. The maximum Gasteiger partial charge on any atom is 0.317 e. The number of aryl methyl sites for hydroxylation is 1. The van der Waals surface area contributed by atoms with Gasteiger partial charge in [-0.25, -0.2) is 14.8 Å². The number of pyridine rings is 1. The number of amides is 2. The van der Waals surface area contributed by atoms with Crippen molar-refractivity contribution in [3.8, 4) is 0 Å². The average molecular weight is 341 g/mol. The molecule has 1 unspecified atom stereocenters. The van der Waals surface area contributed by atoms with Crippen molar-refractivity contribution < 1.29 is 4.79 Å². The van der Waals surface area contributed by atoms with E-state index in [9.17, 15) is 4.79 Å². The third-order valence-corrected chi connectivity index (χ3v) is 5.70. The van der Waals surface area contributed by atoms with Crippen LogP contribution in [0.1, 0.15) is 44.3 Å². The van der Waals surface area contributed by atoms with E-state index in [2.05, 4.69) is 14.9 Å². The number of nitrogens with zero attached hydrogens (tertiary/aromatic N) is 4. The van der Waals surface area contributed by atoms with Crippen LogP contribution in [0, 0.1) is 5.92 Å². The normalized spacial score (nSPS) is 21.8. The SMILES string of the molecule is Cn1c(CC2CCN(C(=O)NC3CCCCC3)C2)nc2cccnc21. The van der Waals surface area contributed by atoms with Crippen molar-refractivity contribution in [2.45, 2.75) is 51.0 Å². The number of hydrogen-bond donors (Lipinski definition) is 1. The van der Waals surface area contributed by atoms with Crippen LogP contribution in [0.4, 0.5) is 4.79 Å². The minimum atomic E-state index is 0.126. The van der Waals surface area contributed by atoms with Gasteiger partial charge in [-0.15, -0.1) is 0 Å². The van der Waals surface area contributed by atoms with E-state index >= 15 is 0 Å². The monoisotopic (exact) mass is 341 g/mol. The zero-order valence-electron chi connectivity index (χ0n) is 14.9. The number of fused-ring (bicyclic) bond motifs is 1. The third-order valence-electron chi connectivity index (χ3n) is 5.70. The Morgan fingerprint density at radius 1 is 1.28 bits per heavy atom. The lowest BCUT2D eigenvalue weighted by Crippen LogP contribution is -2.44. The summed E-state index contributed by atoms with van der Waals surface area (Å²) in [7, 11) is 2.03. The number of nitrogens with one attached hydrogen (secondary N) is 1. The Balaban J connectivity index is 1.35. The number of rotatable bonds is 3. The quantitative estimate of drug-likeness (QED) is 0.934. The highest BCUT2D eigenvalue weighted by Crippen LogP contribution is 2.23. The molecule has 0 radical (unpaired) electrons. The first-order valence-electron chi connectivity index (χ1n) is 9.52. The molecule has 6 nitrogen and oxygen atoms in total. The zero-order chi connectivity index (χ0) is 17.2. The molecule has 1 atom stereocenters. The molecule has 0 bridgehead atoms. The molecule has 2 aromatic heterocycles. The maximum atomic E-state index is 12.5. The molecule has 4 rings (SSSR count). The summed E-state index contributed by atoms with van der Waals surface area (Å²) in [5, 5.41) is 3.23. The summed E-state index contributed by atoms with van der Waals surface area (Å²) in [6.07, 6.45) is 9.83. The predicted octanol–water partition coefficient (Wildman–Crippen LogP) is 2.88. The van der Waals surface area contributed by atoms with Crippen LogP contribution < -0.4 is 5.32 Å². The number of aromatic nitrogens is 3. The fourth-order valence-electron chi connectivity index (χ4n) is 4.21. The summed E-state index contributed by atoms with van der Waals surface area (Å²) in [5.41, 5.74) is 1.88. The Kier molecular flexibility index (Phi) is 4.59. The maximum absolute atomic E-state index is 12.5. The lowest BCUT2D eigenvalue weighted by Gasteiger charge is -2.26. The minimum absolute atomic E-state index is 0.126. The van der Waals surface area contributed by atoms with Crippen molar-refractivity contribution in [2.24, 2.45) is 13.0 Å². The highest BCUT2D eigenvalue weighted by atomic mass is 16.2. The Hall–Kier alpha value is -2.11. The van der Waals surface area contributed by atoms with Gasteiger partial charge in [-0.3, -0.25) is 0 Å². The second kappa shape index (κ2) is 7.02. The molecule has 2 aliphatic rings. The second-order valence-corrected chi connectivity index (χ2v) is 7.52. The first-order valence-corrected chi connectivity index (χ1v) is 9.52. The van der Waals surface area contributed by atoms with Crippen molar-refractivity contribution in [1.29, 1.82) is 0 Å². The van der Waals surface area contributed by atoms with E-state index in [1.165, 1.54) is 19.3 Å². The average Bonchev–Trinajstić information content (AvgIpc) is 3.22. The van der Waals surface area contributed by atoms with Crippen LogP contribution in [-0.2, 0) is 13.5 Å². The van der Waals surface area contributed by atoms with Gasteiger partial charge in [0.2, 0.25) is 0 Å². The summed E-state index contributed by atoms with van der Waals surface area (Å²) in [6.45, 7) is 1.68. The molecule has 2 aromatic rings. The van der Waals surface area contributed by atoms with Crippen LogP contribution in [0.5, 0.6) is 0 Å². The standard InChI is InChI=1S/C19H27N5O/c1-23-17(22-16-8-5-10-20-18(16)23)12-14-9-11-24(13-14)19(25)21-15-6-3-2-4-7-15/h5,8,10,14-15H,2-4,6-7,9,11-13H2,1H3,(H,21,25). The molecule has 2 amide bonds. The van der Waals surface area contributed by atoms with Crippen molar-refractivity contribution in [2.75, 3.05) is 13.1 Å². The molecular weight excluding hydrogens is 314 g/mol. The summed E-state index contributed by atoms with van der Waals surface area (Å²) in [5.74, 6) is 1.54. The highest BCUT2D eigenvalue weighted by molar-refractivity contribution is 5.75. The van der Waals surface area contributed by atoms with E-state index in [0.717, 1.165) is 55.8 Å². The van der Waals surface area contributed by atoms with Crippen LogP contribution in [0.3, 0.4) is 0 Å². The molecule has 1 aliphatic carbocycles. The molecule has 0 spiro atoms. The van der Waals surface area contributed by atoms with Crippen molar-refractivity contribution in [3.63, 3.8) is 0 Å². The van der Waals surface area contributed by atoms with E-state index in [4.69, 9.17) is 4.98 Å². The van der Waals surface area contributed by atoms with Crippen molar-refractivity contribution in [3.05, 3.63) is 24.2 Å². The van der Waals surface area contributed by atoms with Gasteiger partial charge in [-0.1, -0.05) is 19.3 Å². The van der Waals surface area contributed by atoms with Gasteiger partial charge >= 0.3 is 6.03 Å². The molecule has 1 saturated heterocycles. The summed E-state index contributed by atoms with van der Waals surface area (Å²) in [4.78, 5) is 23.6. The lowest BCUT2D eigenvalue weighted by atomic mass is 9.96. The first kappa shape index (κ1) is 16.4. The van der Waals surface area contributed by atoms with Crippen LogP contribution in [-0.4, -0.2) is 44.6 Å². The van der Waals surface area contributed by atoms with Gasteiger partial charge in [-0.05, 0) is 37.3 Å². The van der Waals surface area contributed by atoms with Crippen molar-refractivity contribution in [1.82, 2.24) is 24.8 Å². The van der Waals surface area contributed by atoms with E-state index in [1.54, 1.807) is 6.20 Å². The van der Waals surface area contributed by atoms with E-state index < -0.39 is 0 Å². The fraction of sp³-hybridized carbons (Fsp3) is 0.632. The number of carbonyl (C=O) groups excluding carboxylic acids is 1. The fourth-order valence-corrected chi connectivity index (χ4v) is 4.21. The number of imidazole rings is 1. The first-order chi connectivity index (χ1) is 12.2. The molecule has 1 saturated carbocycles. The Morgan fingerprint density at radius 3 is 2.92 bits per heavy atom. The molecule has 1 aliphatic heterocycles. The van der Waals surface area contributed by atoms with E-state index in [0.29, 0.717) is 12.0 Å². The van der Waals surface area contributed by atoms with Crippen LogP contribution in [0.15, 0.2) is 18.3 Å². The van der Waals surface area contributed by atoms with Gasteiger partial charge in [0.1, 0.15) is 11.3 Å². The Bertz CT molecular complexity index is 749. The summed E-state index contributed by atoms with van der Waals surface area (Å²) < 4.78 is 2.08. The zero-order valence-corrected chi connectivity index (χ0v) is 14.9. The molecule has 1 N–H and O–H groups in total. The lowest BCUT2D eigenvalue weighted by molar-refractivity contribution is 0.198. The summed E-state index contributed by atoms with van der Waals surface area (Å²) in [6, 6.07) is 4.43. The molecule has 134 valence electrons. The van der Waals surface area contributed by atoms with Gasteiger partial charge in [-0.2, -0.15) is 0 Å². The largest absolute Gasteiger partial charge is 0.335 e. The van der Waals surface area contributed by atoms with Crippen LogP contribution in [0.2, 0.25) is 0 Å². The number of carbonyl (C=O) groups is 1. The summed E-state index contributed by atoms with van der Waals surface area (Å²) >= 11 is 0. The smallest absolute Gasteiger partial charge is 0.317 e. The van der Waals surface area contributed by atoms with Gasteiger partial charge < -0.3 is 14.8 Å². The molecule has 0 aromatic carbocycles. The molecule has 3 heterocycles. The molecular formula is C19H27N5O. The van der Waals surface area contributed by atoms with Crippen molar-refractivity contribution >= 4 is 17.2 Å². The van der Waals surface area contributed by atoms with Gasteiger partial charge in [0.15, 0.2) is 5.65 Å².